The smallest absolute Gasteiger partial charge is 0.257 e. The summed E-state index contributed by atoms with van der Waals surface area (Å²) in [6.45, 7) is -0.271. The van der Waals surface area contributed by atoms with Crippen molar-refractivity contribution in [3.63, 3.8) is 0 Å². The van der Waals surface area contributed by atoms with Gasteiger partial charge in [-0.3, -0.25) is 9.59 Å². The minimum atomic E-state index is -0.970. The summed E-state index contributed by atoms with van der Waals surface area (Å²) < 4.78 is 31.8. The van der Waals surface area contributed by atoms with Gasteiger partial charge in [0.15, 0.2) is 0 Å². The van der Waals surface area contributed by atoms with E-state index in [1.165, 1.54) is 0 Å². The van der Waals surface area contributed by atoms with E-state index in [1.807, 2.05) is 0 Å². The van der Waals surface area contributed by atoms with Crippen LogP contribution < -0.4 is 11.1 Å². The lowest BCUT2D eigenvalue weighted by Gasteiger charge is -2.07. The molecule has 0 aliphatic carbocycles. The second-order valence-corrected chi connectivity index (χ2v) is 4.43. The van der Waals surface area contributed by atoms with Gasteiger partial charge in [-0.1, -0.05) is 15.9 Å². The van der Waals surface area contributed by atoms with Crippen LogP contribution in [0.25, 0.3) is 0 Å². The highest BCUT2D eigenvalue weighted by Crippen LogP contribution is 2.19. The largest absolute Gasteiger partial charge is 0.370 e. The van der Waals surface area contributed by atoms with Crippen LogP contribution in [0, 0.1) is 11.6 Å². The first kappa shape index (κ1) is 15.5. The standard InChI is InChI=1S/C11H11BrF2N2O3/c12-6-3-7(13)10(8(14)4-6)11(18)16-1-2-19-5-9(15)17/h3-4H,1-2,5H2,(H2,15,17)(H,16,18). The van der Waals surface area contributed by atoms with E-state index in [0.717, 1.165) is 12.1 Å². The van der Waals surface area contributed by atoms with Gasteiger partial charge in [0.1, 0.15) is 23.8 Å². The van der Waals surface area contributed by atoms with Crippen LogP contribution >= 0.6 is 15.9 Å². The van der Waals surface area contributed by atoms with Gasteiger partial charge < -0.3 is 15.8 Å². The predicted octanol–water partition coefficient (Wildman–Crippen LogP) is 0.959. The Kier molecular flexibility index (Phi) is 5.84. The van der Waals surface area contributed by atoms with E-state index in [-0.39, 0.29) is 24.2 Å². The Morgan fingerprint density at radius 3 is 2.42 bits per heavy atom. The van der Waals surface area contributed by atoms with Gasteiger partial charge in [0.05, 0.1) is 6.61 Å². The van der Waals surface area contributed by atoms with Crippen LogP contribution in [0.15, 0.2) is 16.6 Å². The SMILES string of the molecule is NC(=O)COCCNC(=O)c1c(F)cc(Br)cc1F. The van der Waals surface area contributed by atoms with Gasteiger partial charge in [0.25, 0.3) is 5.91 Å². The molecule has 8 heteroatoms. The highest BCUT2D eigenvalue weighted by Gasteiger charge is 2.17. The number of benzene rings is 1. The number of primary amides is 1. The van der Waals surface area contributed by atoms with Gasteiger partial charge in [0, 0.05) is 11.0 Å². The maximum absolute atomic E-state index is 13.4. The Labute approximate surface area is 116 Å². The van der Waals surface area contributed by atoms with Crippen molar-refractivity contribution < 1.29 is 23.1 Å². The second kappa shape index (κ2) is 7.15. The molecule has 19 heavy (non-hydrogen) atoms. The van der Waals surface area contributed by atoms with Crippen LogP contribution in [-0.2, 0) is 9.53 Å². The number of carbonyl (C=O) groups excluding carboxylic acids is 2. The molecule has 3 N–H and O–H groups in total. The van der Waals surface area contributed by atoms with Gasteiger partial charge >= 0.3 is 0 Å². The number of amides is 2. The summed E-state index contributed by atoms with van der Waals surface area (Å²) in [5.41, 5.74) is 4.16. The van der Waals surface area contributed by atoms with Crippen LogP contribution in [0.3, 0.4) is 0 Å². The Hall–Kier alpha value is -1.54. The van der Waals surface area contributed by atoms with Crippen LogP contribution in [0.2, 0.25) is 0 Å². The summed E-state index contributed by atoms with van der Waals surface area (Å²) in [6.07, 6.45) is 0. The molecule has 0 unspecified atom stereocenters. The number of halogens is 3. The third kappa shape index (κ3) is 4.92. The topological polar surface area (TPSA) is 81.4 Å². The molecular weight excluding hydrogens is 326 g/mol. The number of nitrogens with one attached hydrogen (secondary N) is 1. The van der Waals surface area contributed by atoms with Gasteiger partial charge in [-0.15, -0.1) is 0 Å². The van der Waals surface area contributed by atoms with Gasteiger partial charge in [-0.05, 0) is 12.1 Å². The minimum Gasteiger partial charge on any atom is -0.370 e. The highest BCUT2D eigenvalue weighted by molar-refractivity contribution is 9.10. The Balaban J connectivity index is 2.52. The fourth-order valence-electron chi connectivity index (χ4n) is 1.26. The van der Waals surface area contributed by atoms with E-state index in [0.29, 0.717) is 0 Å². The van der Waals surface area contributed by atoms with Crippen LogP contribution in [-0.4, -0.2) is 31.6 Å². The van der Waals surface area contributed by atoms with E-state index in [1.54, 1.807) is 0 Å². The molecule has 5 nitrogen and oxygen atoms in total. The summed E-state index contributed by atoms with van der Waals surface area (Å²) in [5.74, 6) is -3.48. The minimum absolute atomic E-state index is 0.00105. The van der Waals surface area contributed by atoms with Gasteiger partial charge in [0.2, 0.25) is 5.91 Å². The van der Waals surface area contributed by atoms with Crippen molar-refractivity contribution in [2.24, 2.45) is 5.73 Å². The molecule has 0 bridgehead atoms. The summed E-state index contributed by atoms with van der Waals surface area (Å²) >= 11 is 2.91. The van der Waals surface area contributed by atoms with E-state index < -0.39 is 29.0 Å². The van der Waals surface area contributed by atoms with Crippen molar-refractivity contribution in [1.82, 2.24) is 5.32 Å². The Bertz CT molecular complexity index is 474. The molecule has 1 aromatic carbocycles. The first-order chi connectivity index (χ1) is 8.91. The summed E-state index contributed by atoms with van der Waals surface area (Å²) in [4.78, 5) is 21.9. The fraction of sp³-hybridized carbons (Fsp3) is 0.273. The maximum atomic E-state index is 13.4. The first-order valence-electron chi connectivity index (χ1n) is 5.20. The Morgan fingerprint density at radius 1 is 1.32 bits per heavy atom. The summed E-state index contributed by atoms with van der Waals surface area (Å²) in [7, 11) is 0. The summed E-state index contributed by atoms with van der Waals surface area (Å²) in [6, 6.07) is 1.98. The van der Waals surface area contributed by atoms with Crippen molar-refractivity contribution in [3.05, 3.63) is 33.8 Å². The zero-order valence-corrected chi connectivity index (χ0v) is 11.3. The predicted molar refractivity (Wildman–Crippen MR) is 66.4 cm³/mol. The van der Waals surface area contributed by atoms with Crippen LogP contribution in [0.4, 0.5) is 8.78 Å². The molecule has 0 aliphatic rings. The quantitative estimate of drug-likeness (QED) is 0.759. The monoisotopic (exact) mass is 336 g/mol. The molecule has 104 valence electrons. The third-order valence-corrected chi connectivity index (χ3v) is 2.47. The number of carbonyl (C=O) groups is 2. The van der Waals surface area contributed by atoms with E-state index >= 15 is 0 Å². The number of hydrogen-bond acceptors (Lipinski definition) is 3. The molecule has 1 aromatic rings. The molecule has 1 rings (SSSR count). The van der Waals surface area contributed by atoms with Crippen molar-refractivity contribution in [2.75, 3.05) is 19.8 Å². The van der Waals surface area contributed by atoms with Gasteiger partial charge in [-0.25, -0.2) is 8.78 Å². The molecule has 0 spiro atoms. The van der Waals surface area contributed by atoms with Crippen molar-refractivity contribution in [2.45, 2.75) is 0 Å². The lowest BCUT2D eigenvalue weighted by atomic mass is 10.2. The molecule has 0 heterocycles. The average Bonchev–Trinajstić information content (AvgIpc) is 2.26. The summed E-state index contributed by atoms with van der Waals surface area (Å²) in [5, 5.41) is 2.26. The molecule has 0 fully saturated rings. The lowest BCUT2D eigenvalue weighted by Crippen LogP contribution is -2.30. The second-order valence-electron chi connectivity index (χ2n) is 3.52. The fourth-order valence-corrected chi connectivity index (χ4v) is 1.66. The number of rotatable bonds is 6. The van der Waals surface area contributed by atoms with Crippen molar-refractivity contribution in [1.29, 1.82) is 0 Å². The molecule has 2 amide bonds. The molecule has 0 saturated carbocycles. The van der Waals surface area contributed by atoms with Crippen LogP contribution in [0.5, 0.6) is 0 Å². The van der Waals surface area contributed by atoms with Gasteiger partial charge in [-0.2, -0.15) is 0 Å². The Morgan fingerprint density at radius 2 is 1.89 bits per heavy atom. The molecule has 0 aromatic heterocycles. The van der Waals surface area contributed by atoms with Crippen molar-refractivity contribution in [3.8, 4) is 0 Å². The number of ether oxygens (including phenoxy) is 1. The number of hydrogen-bond donors (Lipinski definition) is 2. The van der Waals surface area contributed by atoms with Crippen LogP contribution in [0.1, 0.15) is 10.4 Å². The molecule has 0 atom stereocenters. The van der Waals surface area contributed by atoms with E-state index in [4.69, 9.17) is 10.5 Å². The number of nitrogens with two attached hydrogens (primary N) is 1. The highest BCUT2D eigenvalue weighted by atomic mass is 79.9. The lowest BCUT2D eigenvalue weighted by molar-refractivity contribution is -0.122. The average molecular weight is 337 g/mol. The normalized spacial score (nSPS) is 10.3. The molecular formula is C11H11BrF2N2O3. The third-order valence-electron chi connectivity index (χ3n) is 2.01. The van der Waals surface area contributed by atoms with Crippen molar-refractivity contribution >= 4 is 27.7 Å². The van der Waals surface area contributed by atoms with E-state index in [9.17, 15) is 18.4 Å². The molecule has 0 radical (unpaired) electrons. The zero-order chi connectivity index (χ0) is 14.4. The van der Waals surface area contributed by atoms with E-state index in [2.05, 4.69) is 21.2 Å². The zero-order valence-electron chi connectivity index (χ0n) is 9.71. The first-order valence-corrected chi connectivity index (χ1v) is 6.00. The maximum Gasteiger partial charge on any atom is 0.257 e. The molecule has 0 saturated heterocycles. The molecule has 0 aliphatic heterocycles.